The topological polar surface area (TPSA) is 14.1 Å². The van der Waals surface area contributed by atoms with Gasteiger partial charge in [-0.25, -0.2) is 0 Å². The molecule has 0 aliphatic carbocycles. The Morgan fingerprint density at radius 1 is 1.44 bits per heavy atom. The number of rotatable bonds is 0. The summed E-state index contributed by atoms with van der Waals surface area (Å²) in [5, 5.41) is 4.34. The molecule has 1 heterocycles. The van der Waals surface area contributed by atoms with Crippen molar-refractivity contribution < 1.29 is 50.5 Å². The second-order valence-corrected chi connectivity index (χ2v) is 5.20. The molecule has 1 aliphatic heterocycles. The molecule has 1 rings (SSSR count). The van der Waals surface area contributed by atoms with Gasteiger partial charge in [-0.15, -0.1) is 0 Å². The van der Waals surface area contributed by atoms with Crippen molar-refractivity contribution in [1.82, 2.24) is 0 Å². The molecule has 0 radical (unpaired) electrons. The number of hydrogen-bond donors (Lipinski definition) is 0. The summed E-state index contributed by atoms with van der Waals surface area (Å²) >= 11 is 3.46. The van der Waals surface area contributed by atoms with E-state index in [0.717, 1.165) is 6.54 Å². The van der Waals surface area contributed by atoms with Crippen molar-refractivity contribution in [1.29, 1.82) is 0 Å². The first-order valence-electron chi connectivity index (χ1n) is 2.74. The van der Waals surface area contributed by atoms with Crippen molar-refractivity contribution in [3.05, 3.63) is 5.32 Å². The molecule has 1 aliphatic rings. The molecular weight excluding hydrogens is 528 g/mol. The predicted molar refractivity (Wildman–Crippen MR) is 34.9 cm³/mol. The van der Waals surface area contributed by atoms with Gasteiger partial charge in [0.15, 0.2) is 0 Å². The first kappa shape index (κ1) is 10.9. The van der Waals surface area contributed by atoms with Gasteiger partial charge in [0.2, 0.25) is 0 Å². The van der Waals surface area contributed by atoms with Gasteiger partial charge in [-0.2, -0.15) is 0 Å². The van der Waals surface area contributed by atoms with Crippen LogP contribution in [0.2, 0.25) is 0 Å². The molecule has 0 spiro atoms. The Kier molecular flexibility index (Phi) is 8.03. The number of nitrogens with zero attached hydrogens (tertiary/aromatic N) is 1. The van der Waals surface area contributed by atoms with Crippen LogP contribution in [0.15, 0.2) is 0 Å². The molecule has 0 bridgehead atoms. The molecule has 1 nitrogen and oxygen atoms in total. The van der Waals surface area contributed by atoms with E-state index in [1.165, 1.54) is 41.3 Å². The monoisotopic (exact) mass is 536 g/mol. The second kappa shape index (κ2) is 6.62. The van der Waals surface area contributed by atoms with Crippen molar-refractivity contribution in [3.63, 3.8) is 0 Å². The Morgan fingerprint density at radius 3 is 3.00 bits per heavy atom. The van der Waals surface area contributed by atoms with Gasteiger partial charge >= 0.3 is 64.9 Å². The standard InChI is InChI=1S/C5H8NS.U.W/c1-2-4-7-5-6-3-1;;/h1-4H2;;/q-1;;. The molecule has 50 valence electrons. The molecule has 0 atom stereocenters. The van der Waals surface area contributed by atoms with Crippen LogP contribution in [0.4, 0.5) is 0 Å². The zero-order chi connectivity index (χ0) is 5.82. The van der Waals surface area contributed by atoms with E-state index < -0.39 is 0 Å². The molecule has 0 saturated carbocycles. The Balaban J connectivity index is 0.000000640. The average Bonchev–Trinajstić information content (AvgIpc) is 1.94. The maximum atomic E-state index is 4.34. The third-order valence-corrected chi connectivity index (χ3v) is 3.62. The summed E-state index contributed by atoms with van der Waals surface area (Å²) in [5.41, 5.74) is 0. The zero-order valence-electron chi connectivity index (χ0n) is 5.09. The summed E-state index contributed by atoms with van der Waals surface area (Å²) in [5.74, 6) is 1.29. The van der Waals surface area contributed by atoms with Crippen molar-refractivity contribution >= 4 is 15.1 Å². The molecule has 0 amide bonds. The van der Waals surface area contributed by atoms with E-state index in [1.807, 2.05) is 11.8 Å². The molecule has 0 aromatic rings. The van der Waals surface area contributed by atoms with Crippen LogP contribution in [0.3, 0.4) is 0 Å². The molecule has 4 heteroatoms. The van der Waals surface area contributed by atoms with Crippen LogP contribution in [0, 0.1) is 31.1 Å². The fourth-order valence-corrected chi connectivity index (χ4v) is 2.52. The quantitative estimate of drug-likeness (QED) is 0.459. The summed E-state index contributed by atoms with van der Waals surface area (Å²) < 4.78 is 1.35. The molecule has 1 fully saturated rings. The molecule has 0 unspecified atom stereocenters. The van der Waals surface area contributed by atoms with E-state index in [0.29, 0.717) is 0 Å². The molecule has 0 N–H and O–H groups in total. The van der Waals surface area contributed by atoms with E-state index in [2.05, 4.69) is 5.32 Å². The second-order valence-electron chi connectivity index (χ2n) is 1.70. The van der Waals surface area contributed by atoms with Crippen molar-refractivity contribution in [3.8, 4) is 0 Å². The summed E-state index contributed by atoms with van der Waals surface area (Å²) in [6.07, 6.45) is 2.65. The zero-order valence-corrected chi connectivity index (χ0v) is 13.0. The normalized spacial score (nSPS) is 20.2. The Bertz CT molecular complexity index is 89.0. The van der Waals surface area contributed by atoms with Gasteiger partial charge in [-0.1, -0.05) is 0 Å². The maximum absolute atomic E-state index is 4.34. The minimum atomic E-state index is 0. The van der Waals surface area contributed by atoms with E-state index in [9.17, 15) is 0 Å². The van der Waals surface area contributed by atoms with Crippen LogP contribution in [0.1, 0.15) is 12.8 Å². The van der Waals surface area contributed by atoms with Gasteiger partial charge in [0.05, 0.1) is 0 Å². The first-order chi connectivity index (χ1) is 3.89. The molecule has 9 heavy (non-hydrogen) atoms. The van der Waals surface area contributed by atoms with Crippen LogP contribution in [0.5, 0.6) is 0 Å². The van der Waals surface area contributed by atoms with E-state index >= 15 is 0 Å². The summed E-state index contributed by atoms with van der Waals surface area (Å²) in [7, 11) is 0. The van der Waals surface area contributed by atoms with Crippen molar-refractivity contribution in [2.24, 2.45) is 0 Å². The Morgan fingerprint density at radius 2 is 2.22 bits per heavy atom. The van der Waals surface area contributed by atoms with Crippen LogP contribution < -0.4 is 0 Å². The van der Waals surface area contributed by atoms with Crippen LogP contribution >= 0.6 is 11.8 Å². The predicted octanol–water partition coefficient (Wildman–Crippen LogP) is 1.52. The van der Waals surface area contributed by atoms with Gasteiger partial charge in [0.1, 0.15) is 0 Å². The third-order valence-electron chi connectivity index (χ3n) is 1.02. The molecule has 0 aromatic heterocycles. The van der Waals surface area contributed by atoms with E-state index in [4.69, 9.17) is 0 Å². The fraction of sp³-hybridized carbons (Fsp3) is 0.800. The van der Waals surface area contributed by atoms with Gasteiger partial charge in [-0.3, -0.25) is 0 Å². The van der Waals surface area contributed by atoms with Crippen molar-refractivity contribution in [2.45, 2.75) is 12.8 Å². The van der Waals surface area contributed by atoms with Crippen LogP contribution in [0.25, 0.3) is 5.32 Å². The number of hydrogen-bond acceptors (Lipinski definition) is 1. The first-order valence-corrected chi connectivity index (χ1v) is 5.19. The average molecular weight is 536 g/mol. The molecule has 1 saturated heterocycles. The summed E-state index contributed by atoms with van der Waals surface area (Å²) in [6.45, 7) is 1.08. The van der Waals surface area contributed by atoms with E-state index in [1.54, 1.807) is 0 Å². The Hall–Kier alpha value is 1.92. The minimum absolute atomic E-state index is 0. The Labute approximate surface area is 94.9 Å². The molecule has 0 aromatic carbocycles. The van der Waals surface area contributed by atoms with Gasteiger partial charge in [0, 0.05) is 31.1 Å². The van der Waals surface area contributed by atoms with Gasteiger partial charge < -0.3 is 0 Å². The number of thioether (sulfide) groups is 1. The van der Waals surface area contributed by atoms with Gasteiger partial charge in [0.25, 0.3) is 0 Å². The fourth-order valence-electron chi connectivity index (χ4n) is 0.589. The van der Waals surface area contributed by atoms with Crippen LogP contribution in [-0.4, -0.2) is 15.7 Å². The van der Waals surface area contributed by atoms with Gasteiger partial charge in [-0.05, 0) is 0 Å². The molecular formula is C5H8NSUW-. The van der Waals surface area contributed by atoms with Crippen molar-refractivity contribution in [2.75, 3.05) is 12.3 Å². The SMILES string of the molecule is [U].[W]=[C]1[N-]CCCCS1. The summed E-state index contributed by atoms with van der Waals surface area (Å²) in [4.78, 5) is 0. The third kappa shape index (κ3) is 5.22. The van der Waals surface area contributed by atoms with Crippen LogP contribution in [-0.2, 0) is 19.4 Å². The summed E-state index contributed by atoms with van der Waals surface area (Å²) in [6, 6.07) is 0. The van der Waals surface area contributed by atoms with E-state index in [-0.39, 0.29) is 31.1 Å².